The van der Waals surface area contributed by atoms with E-state index in [1.54, 1.807) is 4.90 Å². The van der Waals surface area contributed by atoms with Crippen molar-refractivity contribution in [3.05, 3.63) is 35.4 Å². The SMILES string of the molecule is O=C(O)CCN(C(=O)CCc1ccc(C(F)(F)F)cc1)C1CCOCC1. The zero-order valence-electron chi connectivity index (χ0n) is 14.3. The number of amides is 1. The molecule has 1 aromatic rings. The van der Waals surface area contributed by atoms with Gasteiger partial charge in [0.15, 0.2) is 0 Å². The highest BCUT2D eigenvalue weighted by Crippen LogP contribution is 2.29. The van der Waals surface area contributed by atoms with Crippen LogP contribution in [0, 0.1) is 0 Å². The van der Waals surface area contributed by atoms with Crippen molar-refractivity contribution in [2.45, 2.75) is 44.3 Å². The molecule has 0 saturated carbocycles. The van der Waals surface area contributed by atoms with Crippen molar-refractivity contribution in [2.75, 3.05) is 19.8 Å². The highest BCUT2D eigenvalue weighted by molar-refractivity contribution is 5.77. The van der Waals surface area contributed by atoms with Gasteiger partial charge in [0, 0.05) is 32.2 Å². The van der Waals surface area contributed by atoms with E-state index in [-0.39, 0.29) is 31.3 Å². The van der Waals surface area contributed by atoms with Crippen LogP contribution in [0.3, 0.4) is 0 Å². The summed E-state index contributed by atoms with van der Waals surface area (Å²) in [7, 11) is 0. The van der Waals surface area contributed by atoms with Gasteiger partial charge in [-0.3, -0.25) is 9.59 Å². The van der Waals surface area contributed by atoms with E-state index in [4.69, 9.17) is 9.84 Å². The monoisotopic (exact) mass is 373 g/mol. The van der Waals surface area contributed by atoms with Crippen molar-refractivity contribution in [1.82, 2.24) is 4.90 Å². The molecule has 0 aromatic heterocycles. The van der Waals surface area contributed by atoms with Gasteiger partial charge in [0.25, 0.3) is 0 Å². The zero-order chi connectivity index (χ0) is 19.2. The fourth-order valence-corrected chi connectivity index (χ4v) is 2.98. The van der Waals surface area contributed by atoms with Gasteiger partial charge in [-0.25, -0.2) is 0 Å². The summed E-state index contributed by atoms with van der Waals surface area (Å²) in [5, 5.41) is 8.89. The number of ether oxygens (including phenoxy) is 1. The molecule has 1 amide bonds. The summed E-state index contributed by atoms with van der Waals surface area (Å²) in [5.74, 6) is -1.16. The Balaban J connectivity index is 1.95. The number of rotatable bonds is 7. The third-order valence-corrected chi connectivity index (χ3v) is 4.43. The van der Waals surface area contributed by atoms with Gasteiger partial charge in [-0.2, -0.15) is 13.2 Å². The van der Waals surface area contributed by atoms with Crippen molar-refractivity contribution in [2.24, 2.45) is 0 Å². The van der Waals surface area contributed by atoms with E-state index in [2.05, 4.69) is 0 Å². The Labute approximate surface area is 149 Å². The van der Waals surface area contributed by atoms with Crippen molar-refractivity contribution in [3.63, 3.8) is 0 Å². The molecule has 2 rings (SSSR count). The van der Waals surface area contributed by atoms with Crippen molar-refractivity contribution in [3.8, 4) is 0 Å². The highest BCUT2D eigenvalue weighted by atomic mass is 19.4. The maximum Gasteiger partial charge on any atom is 0.416 e. The molecular formula is C18H22F3NO4. The van der Waals surface area contributed by atoms with Gasteiger partial charge < -0.3 is 14.7 Å². The summed E-state index contributed by atoms with van der Waals surface area (Å²) in [4.78, 5) is 25.0. The van der Waals surface area contributed by atoms with Gasteiger partial charge in [0.2, 0.25) is 5.91 Å². The Kier molecular flexibility index (Phi) is 7.02. The molecule has 1 aromatic carbocycles. The molecule has 1 aliphatic rings. The first-order valence-corrected chi connectivity index (χ1v) is 8.52. The molecule has 1 saturated heterocycles. The lowest BCUT2D eigenvalue weighted by Gasteiger charge is -2.34. The normalized spacial score (nSPS) is 15.7. The van der Waals surface area contributed by atoms with E-state index in [1.807, 2.05) is 0 Å². The Hall–Kier alpha value is -2.09. The van der Waals surface area contributed by atoms with Crippen LogP contribution in [0.1, 0.15) is 36.8 Å². The third kappa shape index (κ3) is 6.01. The minimum absolute atomic E-state index is 0.0526. The van der Waals surface area contributed by atoms with Gasteiger partial charge in [0.05, 0.1) is 12.0 Å². The van der Waals surface area contributed by atoms with Crippen LogP contribution in [0.15, 0.2) is 24.3 Å². The minimum Gasteiger partial charge on any atom is -0.481 e. The average molecular weight is 373 g/mol. The number of carboxylic acids is 1. The predicted molar refractivity (Wildman–Crippen MR) is 87.6 cm³/mol. The molecule has 0 bridgehead atoms. The minimum atomic E-state index is -4.38. The number of nitrogens with zero attached hydrogens (tertiary/aromatic N) is 1. The van der Waals surface area contributed by atoms with Gasteiger partial charge in [-0.05, 0) is 37.0 Å². The van der Waals surface area contributed by atoms with Crippen LogP contribution in [0.2, 0.25) is 0 Å². The van der Waals surface area contributed by atoms with Gasteiger partial charge in [-0.15, -0.1) is 0 Å². The molecule has 0 spiro atoms. The number of carbonyl (C=O) groups excluding carboxylic acids is 1. The van der Waals surface area contributed by atoms with Crippen LogP contribution in [-0.4, -0.2) is 47.7 Å². The molecule has 1 aliphatic heterocycles. The number of alkyl halides is 3. The van der Waals surface area contributed by atoms with Crippen LogP contribution >= 0.6 is 0 Å². The summed E-state index contributed by atoms with van der Waals surface area (Å²) in [6, 6.07) is 4.68. The standard InChI is InChI=1S/C18H22F3NO4/c19-18(20,21)14-4-1-13(2-5-14)3-6-16(23)22(10-7-17(24)25)15-8-11-26-12-9-15/h1-2,4-5,15H,3,6-12H2,(H,24,25). The van der Waals surface area contributed by atoms with Crippen LogP contribution < -0.4 is 0 Å². The lowest BCUT2D eigenvalue weighted by molar-refractivity contribution is -0.140. The van der Waals surface area contributed by atoms with Crippen LogP contribution in [0.25, 0.3) is 0 Å². The molecular weight excluding hydrogens is 351 g/mol. The summed E-state index contributed by atoms with van der Waals surface area (Å²) in [5.41, 5.74) is -0.0885. The van der Waals surface area contributed by atoms with Crippen molar-refractivity contribution < 1.29 is 32.6 Å². The number of halogens is 3. The summed E-state index contributed by atoms with van der Waals surface area (Å²) >= 11 is 0. The molecule has 1 N–H and O–H groups in total. The smallest absolute Gasteiger partial charge is 0.416 e. The Morgan fingerprint density at radius 3 is 2.27 bits per heavy atom. The van der Waals surface area contributed by atoms with Crippen LogP contribution in [0.4, 0.5) is 13.2 Å². The molecule has 0 atom stereocenters. The molecule has 0 radical (unpaired) electrons. The molecule has 0 aliphatic carbocycles. The van der Waals surface area contributed by atoms with Crippen molar-refractivity contribution >= 4 is 11.9 Å². The average Bonchev–Trinajstić information content (AvgIpc) is 2.60. The van der Waals surface area contributed by atoms with E-state index in [9.17, 15) is 22.8 Å². The van der Waals surface area contributed by atoms with E-state index in [0.29, 0.717) is 38.0 Å². The van der Waals surface area contributed by atoms with E-state index >= 15 is 0 Å². The number of hydrogen-bond donors (Lipinski definition) is 1. The number of aryl methyl sites for hydroxylation is 1. The van der Waals surface area contributed by atoms with E-state index in [0.717, 1.165) is 12.1 Å². The zero-order valence-corrected chi connectivity index (χ0v) is 14.3. The molecule has 26 heavy (non-hydrogen) atoms. The number of hydrogen-bond acceptors (Lipinski definition) is 3. The number of carbonyl (C=O) groups is 2. The third-order valence-electron chi connectivity index (χ3n) is 4.43. The highest BCUT2D eigenvalue weighted by Gasteiger charge is 2.30. The van der Waals surface area contributed by atoms with Gasteiger partial charge in [0.1, 0.15) is 0 Å². The topological polar surface area (TPSA) is 66.8 Å². The summed E-state index contributed by atoms with van der Waals surface area (Å²) in [6.07, 6.45) is -2.77. The summed E-state index contributed by atoms with van der Waals surface area (Å²) < 4.78 is 43.0. The maximum absolute atomic E-state index is 12.6. The Morgan fingerprint density at radius 2 is 1.73 bits per heavy atom. The van der Waals surface area contributed by atoms with Crippen LogP contribution in [0.5, 0.6) is 0 Å². The van der Waals surface area contributed by atoms with E-state index < -0.39 is 17.7 Å². The molecule has 1 fully saturated rings. The second kappa shape index (κ2) is 9.02. The fourth-order valence-electron chi connectivity index (χ4n) is 2.98. The molecule has 1 heterocycles. The molecule has 0 unspecified atom stereocenters. The number of aliphatic carboxylic acids is 1. The Morgan fingerprint density at radius 1 is 1.12 bits per heavy atom. The summed E-state index contributed by atoms with van der Waals surface area (Å²) in [6.45, 7) is 1.19. The maximum atomic E-state index is 12.6. The van der Waals surface area contributed by atoms with E-state index in [1.165, 1.54) is 12.1 Å². The van der Waals surface area contributed by atoms with Crippen molar-refractivity contribution in [1.29, 1.82) is 0 Å². The molecule has 8 heteroatoms. The first-order valence-electron chi connectivity index (χ1n) is 8.52. The Bertz CT molecular complexity index is 610. The second-order valence-electron chi connectivity index (χ2n) is 6.27. The fraction of sp³-hybridized carbons (Fsp3) is 0.556. The van der Waals surface area contributed by atoms with Crippen LogP contribution in [-0.2, 0) is 26.9 Å². The first kappa shape index (κ1) is 20.2. The van der Waals surface area contributed by atoms with Gasteiger partial charge in [-0.1, -0.05) is 12.1 Å². The largest absolute Gasteiger partial charge is 0.481 e. The lowest BCUT2D eigenvalue weighted by Crippen LogP contribution is -2.44. The number of carboxylic acid groups (broad SMARTS) is 1. The lowest BCUT2D eigenvalue weighted by atomic mass is 10.0. The molecule has 5 nitrogen and oxygen atoms in total. The molecule has 144 valence electrons. The quantitative estimate of drug-likeness (QED) is 0.798. The van der Waals surface area contributed by atoms with Gasteiger partial charge >= 0.3 is 12.1 Å². The second-order valence-corrected chi connectivity index (χ2v) is 6.27. The number of benzene rings is 1. The first-order chi connectivity index (χ1) is 12.3. The predicted octanol–water partition coefficient (Wildman–Crippen LogP) is 3.12.